The second kappa shape index (κ2) is 6.90. The van der Waals surface area contributed by atoms with Crippen LogP contribution in [0.2, 0.25) is 5.15 Å². The number of aromatic nitrogens is 1. The third kappa shape index (κ3) is 3.93. The number of nitrogens with two attached hydrogens (primary N) is 1. The average molecular weight is 305 g/mol. The second-order valence-electron chi connectivity index (χ2n) is 4.54. The minimum absolute atomic E-state index is 0. The smallest absolute Gasteiger partial charge is 0.166 e. The molecule has 2 atom stereocenters. The molecule has 0 aliphatic heterocycles. The molecule has 0 saturated heterocycles. The van der Waals surface area contributed by atoms with E-state index in [0.717, 1.165) is 31.7 Å². The Morgan fingerprint density at radius 1 is 1.53 bits per heavy atom. The number of halogens is 3. The summed E-state index contributed by atoms with van der Waals surface area (Å²) in [4.78, 5) is 3.88. The zero-order valence-corrected chi connectivity index (χ0v) is 11.8. The Morgan fingerprint density at radius 3 is 2.89 bits per heavy atom. The van der Waals surface area contributed by atoms with Gasteiger partial charge in [0.15, 0.2) is 11.6 Å². The lowest BCUT2D eigenvalue weighted by Crippen LogP contribution is -2.35. The van der Waals surface area contributed by atoms with Gasteiger partial charge in [-0.3, -0.25) is 0 Å². The van der Waals surface area contributed by atoms with Gasteiger partial charge in [-0.05, 0) is 31.7 Å². The van der Waals surface area contributed by atoms with E-state index in [1.807, 2.05) is 0 Å². The number of hydrogen-bond acceptors (Lipinski definition) is 4. The van der Waals surface area contributed by atoms with Gasteiger partial charge in [0.2, 0.25) is 0 Å². The van der Waals surface area contributed by atoms with Gasteiger partial charge in [-0.25, -0.2) is 9.37 Å². The number of nitrogens with one attached hydrogen (secondary N) is 1. The molecule has 0 spiro atoms. The molecule has 104 valence electrons. The summed E-state index contributed by atoms with van der Waals surface area (Å²) in [6.07, 6.45) is 3.75. The average Bonchev–Trinajstić information content (AvgIpc) is 2.33. The highest BCUT2D eigenvalue weighted by molar-refractivity contribution is 6.30. The molecule has 0 unspecified atom stereocenters. The van der Waals surface area contributed by atoms with E-state index in [9.17, 15) is 4.39 Å². The fraction of sp³-hybridized carbons (Fsp3) is 0.500. The van der Waals surface area contributed by atoms with Gasteiger partial charge in [-0.1, -0.05) is 11.6 Å². The van der Waals surface area contributed by atoms with Gasteiger partial charge in [0, 0.05) is 12.1 Å². The number of anilines is 1. The molecule has 1 aromatic heterocycles. The molecular weight excluding hydrogens is 290 g/mol. The normalized spacial score (nSPS) is 22.2. The summed E-state index contributed by atoms with van der Waals surface area (Å²) >= 11 is 5.78. The molecule has 0 radical (unpaired) electrons. The van der Waals surface area contributed by atoms with Gasteiger partial charge in [0.05, 0.1) is 5.56 Å². The first kappa shape index (κ1) is 16.0. The summed E-state index contributed by atoms with van der Waals surface area (Å²) in [7, 11) is 0. The topological polar surface area (TPSA) is 74.7 Å². The predicted octanol–water partition coefficient (Wildman–Crippen LogP) is 2.85. The minimum Gasteiger partial charge on any atom is -0.365 e. The van der Waals surface area contributed by atoms with E-state index < -0.39 is 5.82 Å². The summed E-state index contributed by atoms with van der Waals surface area (Å²) in [6.45, 7) is 0. The maximum absolute atomic E-state index is 13.7. The highest BCUT2D eigenvalue weighted by Crippen LogP contribution is 2.24. The Morgan fingerprint density at radius 2 is 2.26 bits per heavy atom. The largest absolute Gasteiger partial charge is 0.365 e. The quantitative estimate of drug-likeness (QED) is 0.824. The first-order chi connectivity index (χ1) is 8.60. The van der Waals surface area contributed by atoms with Crippen LogP contribution in [0.25, 0.3) is 0 Å². The Hall–Kier alpha value is -1.09. The third-order valence-corrected chi connectivity index (χ3v) is 3.39. The van der Waals surface area contributed by atoms with Crippen LogP contribution in [0.5, 0.6) is 0 Å². The Balaban J connectivity index is 0.00000180. The molecule has 0 aromatic carbocycles. The zero-order chi connectivity index (χ0) is 13.1. The van der Waals surface area contributed by atoms with Crippen LogP contribution in [-0.4, -0.2) is 17.1 Å². The van der Waals surface area contributed by atoms with E-state index >= 15 is 0 Å². The van der Waals surface area contributed by atoms with E-state index in [4.69, 9.17) is 22.6 Å². The molecule has 2 rings (SSSR count). The van der Waals surface area contributed by atoms with E-state index in [0.29, 0.717) is 0 Å². The number of hydrogen-bond donors (Lipinski definition) is 2. The molecule has 1 aliphatic rings. The Bertz CT molecular complexity index is 489. The molecule has 1 aliphatic carbocycles. The lowest BCUT2D eigenvalue weighted by molar-refractivity contribution is 0.407. The number of rotatable bonds is 2. The van der Waals surface area contributed by atoms with Crippen molar-refractivity contribution in [2.75, 3.05) is 5.32 Å². The Kier molecular flexibility index (Phi) is 5.80. The SMILES string of the molecule is Cl.N#Cc1cc(F)c(N[C@H]2CCC[C@@H](N)C2)nc1Cl. The third-order valence-electron chi connectivity index (χ3n) is 3.11. The van der Waals surface area contributed by atoms with Gasteiger partial charge in [-0.15, -0.1) is 12.4 Å². The monoisotopic (exact) mass is 304 g/mol. The summed E-state index contributed by atoms with van der Waals surface area (Å²) in [5.41, 5.74) is 5.91. The maximum Gasteiger partial charge on any atom is 0.166 e. The zero-order valence-electron chi connectivity index (χ0n) is 10.2. The predicted molar refractivity (Wildman–Crippen MR) is 75.0 cm³/mol. The van der Waals surface area contributed by atoms with Crippen LogP contribution in [0.4, 0.5) is 10.2 Å². The van der Waals surface area contributed by atoms with Crippen molar-refractivity contribution < 1.29 is 4.39 Å². The molecule has 0 amide bonds. The fourth-order valence-electron chi connectivity index (χ4n) is 2.20. The molecule has 3 N–H and O–H groups in total. The molecular formula is C12H15Cl2FN4. The van der Waals surface area contributed by atoms with Crippen molar-refractivity contribution in [1.29, 1.82) is 5.26 Å². The van der Waals surface area contributed by atoms with E-state index in [-0.39, 0.29) is 41.0 Å². The Labute approximate surface area is 122 Å². The molecule has 19 heavy (non-hydrogen) atoms. The van der Waals surface area contributed by atoms with Crippen LogP contribution in [0.15, 0.2) is 6.07 Å². The van der Waals surface area contributed by atoms with Crippen LogP contribution >= 0.6 is 24.0 Å². The maximum atomic E-state index is 13.7. The second-order valence-corrected chi connectivity index (χ2v) is 4.89. The van der Waals surface area contributed by atoms with Crippen molar-refractivity contribution in [3.63, 3.8) is 0 Å². The molecule has 0 bridgehead atoms. The van der Waals surface area contributed by atoms with Gasteiger partial charge in [0.25, 0.3) is 0 Å². The highest BCUT2D eigenvalue weighted by Gasteiger charge is 2.21. The van der Waals surface area contributed by atoms with Crippen molar-refractivity contribution in [2.24, 2.45) is 5.73 Å². The van der Waals surface area contributed by atoms with Crippen molar-refractivity contribution in [3.05, 3.63) is 22.6 Å². The van der Waals surface area contributed by atoms with Crippen LogP contribution in [0.1, 0.15) is 31.2 Å². The van der Waals surface area contributed by atoms with Crippen molar-refractivity contribution in [2.45, 2.75) is 37.8 Å². The van der Waals surface area contributed by atoms with E-state index in [1.54, 1.807) is 6.07 Å². The fourth-order valence-corrected chi connectivity index (χ4v) is 2.38. The summed E-state index contributed by atoms with van der Waals surface area (Å²) in [5.74, 6) is -0.465. The highest BCUT2D eigenvalue weighted by atomic mass is 35.5. The van der Waals surface area contributed by atoms with Crippen molar-refractivity contribution in [3.8, 4) is 6.07 Å². The summed E-state index contributed by atoms with van der Waals surface area (Å²) in [5, 5.41) is 11.7. The van der Waals surface area contributed by atoms with Crippen molar-refractivity contribution >= 4 is 29.8 Å². The first-order valence-electron chi connectivity index (χ1n) is 5.88. The van der Waals surface area contributed by atoms with Gasteiger partial charge < -0.3 is 11.1 Å². The van der Waals surface area contributed by atoms with Crippen LogP contribution < -0.4 is 11.1 Å². The molecule has 1 fully saturated rings. The number of nitriles is 1. The lowest BCUT2D eigenvalue weighted by Gasteiger charge is -2.27. The molecule has 4 nitrogen and oxygen atoms in total. The molecule has 1 aromatic rings. The standard InChI is InChI=1S/C12H14ClFN4.ClH/c13-11-7(6-15)4-10(14)12(18-11)17-9-3-1-2-8(16)5-9;/h4,8-9H,1-3,5,16H2,(H,17,18);1H/t8-,9+;/m1./s1. The summed E-state index contributed by atoms with van der Waals surface area (Å²) in [6, 6.07) is 3.15. The van der Waals surface area contributed by atoms with E-state index in [2.05, 4.69) is 10.3 Å². The van der Waals surface area contributed by atoms with Gasteiger partial charge >= 0.3 is 0 Å². The van der Waals surface area contributed by atoms with Crippen molar-refractivity contribution in [1.82, 2.24) is 4.98 Å². The molecule has 7 heteroatoms. The van der Waals surface area contributed by atoms with Crippen LogP contribution in [0.3, 0.4) is 0 Å². The number of pyridine rings is 1. The van der Waals surface area contributed by atoms with Gasteiger partial charge in [-0.2, -0.15) is 5.26 Å². The van der Waals surface area contributed by atoms with Crippen LogP contribution in [-0.2, 0) is 0 Å². The van der Waals surface area contributed by atoms with Gasteiger partial charge in [0.1, 0.15) is 11.2 Å². The van der Waals surface area contributed by atoms with Crippen LogP contribution in [0, 0.1) is 17.1 Å². The van der Waals surface area contributed by atoms with E-state index in [1.165, 1.54) is 0 Å². The summed E-state index contributed by atoms with van der Waals surface area (Å²) < 4.78 is 13.7. The molecule has 1 saturated carbocycles. The first-order valence-corrected chi connectivity index (χ1v) is 6.26. The number of nitrogens with zero attached hydrogens (tertiary/aromatic N) is 2. The molecule has 1 heterocycles. The minimum atomic E-state index is -0.560. The lowest BCUT2D eigenvalue weighted by atomic mass is 9.91.